The Labute approximate surface area is 114 Å². The van der Waals surface area contributed by atoms with E-state index < -0.39 is 0 Å². The van der Waals surface area contributed by atoms with Gasteiger partial charge in [-0.15, -0.1) is 0 Å². The van der Waals surface area contributed by atoms with E-state index in [1.54, 1.807) is 14.2 Å². The van der Waals surface area contributed by atoms with Gasteiger partial charge in [-0.1, -0.05) is 13.0 Å². The SMILES string of the molecule is CC[C@@H](C)NC(=O)NCc1ccc(OC)c(OC)c1. The van der Waals surface area contributed by atoms with Crippen molar-refractivity contribution in [3.63, 3.8) is 0 Å². The van der Waals surface area contributed by atoms with Gasteiger partial charge in [0.05, 0.1) is 14.2 Å². The highest BCUT2D eigenvalue weighted by molar-refractivity contribution is 5.74. The van der Waals surface area contributed by atoms with Gasteiger partial charge in [0, 0.05) is 12.6 Å². The molecule has 0 fully saturated rings. The van der Waals surface area contributed by atoms with E-state index in [1.807, 2.05) is 32.0 Å². The summed E-state index contributed by atoms with van der Waals surface area (Å²) in [4.78, 5) is 11.6. The second kappa shape index (κ2) is 7.51. The lowest BCUT2D eigenvalue weighted by Gasteiger charge is -2.13. The fourth-order valence-corrected chi connectivity index (χ4v) is 1.55. The van der Waals surface area contributed by atoms with Gasteiger partial charge in [-0.3, -0.25) is 0 Å². The van der Waals surface area contributed by atoms with Crippen LogP contribution < -0.4 is 20.1 Å². The van der Waals surface area contributed by atoms with Crippen LogP contribution in [0.15, 0.2) is 18.2 Å². The molecule has 1 atom stereocenters. The Balaban J connectivity index is 2.56. The van der Waals surface area contributed by atoms with Crippen molar-refractivity contribution in [1.82, 2.24) is 10.6 Å². The molecule has 2 N–H and O–H groups in total. The maximum Gasteiger partial charge on any atom is 0.315 e. The van der Waals surface area contributed by atoms with Gasteiger partial charge in [-0.05, 0) is 31.0 Å². The van der Waals surface area contributed by atoms with Crippen LogP contribution in [-0.2, 0) is 6.54 Å². The number of amides is 2. The number of urea groups is 1. The molecule has 1 rings (SSSR count). The van der Waals surface area contributed by atoms with E-state index in [9.17, 15) is 4.79 Å². The second-order valence-electron chi connectivity index (χ2n) is 4.33. The van der Waals surface area contributed by atoms with Gasteiger partial charge in [0.1, 0.15) is 0 Å². The molecule has 0 heterocycles. The number of hydrogen-bond donors (Lipinski definition) is 2. The van der Waals surface area contributed by atoms with Gasteiger partial charge in [0.25, 0.3) is 0 Å². The highest BCUT2D eigenvalue weighted by Gasteiger charge is 2.07. The number of hydrogen-bond acceptors (Lipinski definition) is 3. The third-order valence-corrected chi connectivity index (χ3v) is 2.89. The molecule has 106 valence electrons. The van der Waals surface area contributed by atoms with Gasteiger partial charge < -0.3 is 20.1 Å². The smallest absolute Gasteiger partial charge is 0.315 e. The Bertz CT molecular complexity index is 421. The van der Waals surface area contributed by atoms with Crippen LogP contribution >= 0.6 is 0 Å². The number of ether oxygens (including phenoxy) is 2. The Morgan fingerprint density at radius 1 is 1.26 bits per heavy atom. The number of carbonyl (C=O) groups excluding carboxylic acids is 1. The lowest BCUT2D eigenvalue weighted by atomic mass is 10.2. The molecule has 0 radical (unpaired) electrons. The number of benzene rings is 1. The molecule has 5 heteroatoms. The molecule has 0 spiro atoms. The Morgan fingerprint density at radius 2 is 1.95 bits per heavy atom. The Hall–Kier alpha value is -1.91. The molecule has 19 heavy (non-hydrogen) atoms. The summed E-state index contributed by atoms with van der Waals surface area (Å²) >= 11 is 0. The minimum atomic E-state index is -0.163. The van der Waals surface area contributed by atoms with Crippen molar-refractivity contribution in [1.29, 1.82) is 0 Å². The van der Waals surface area contributed by atoms with Crippen molar-refractivity contribution in [3.8, 4) is 11.5 Å². The molecule has 5 nitrogen and oxygen atoms in total. The summed E-state index contributed by atoms with van der Waals surface area (Å²) in [6, 6.07) is 5.57. The fourth-order valence-electron chi connectivity index (χ4n) is 1.55. The van der Waals surface area contributed by atoms with Gasteiger partial charge >= 0.3 is 6.03 Å². The third kappa shape index (κ3) is 4.69. The van der Waals surface area contributed by atoms with Gasteiger partial charge in [-0.25, -0.2) is 4.79 Å². The van der Waals surface area contributed by atoms with E-state index in [1.165, 1.54) is 0 Å². The molecule has 0 aliphatic heterocycles. The number of carbonyl (C=O) groups is 1. The third-order valence-electron chi connectivity index (χ3n) is 2.89. The van der Waals surface area contributed by atoms with E-state index in [2.05, 4.69) is 10.6 Å². The molecule has 1 aromatic carbocycles. The van der Waals surface area contributed by atoms with Crippen molar-refractivity contribution in [2.75, 3.05) is 14.2 Å². The zero-order valence-electron chi connectivity index (χ0n) is 11.9. The lowest BCUT2D eigenvalue weighted by Crippen LogP contribution is -2.40. The summed E-state index contributed by atoms with van der Waals surface area (Å²) in [6.07, 6.45) is 0.907. The number of nitrogens with one attached hydrogen (secondary N) is 2. The summed E-state index contributed by atoms with van der Waals surface area (Å²) in [5, 5.41) is 5.65. The number of rotatable bonds is 6. The Kier molecular flexibility index (Phi) is 5.99. The zero-order chi connectivity index (χ0) is 14.3. The summed E-state index contributed by atoms with van der Waals surface area (Å²) in [5.41, 5.74) is 0.956. The normalized spacial score (nSPS) is 11.6. The summed E-state index contributed by atoms with van der Waals surface area (Å²) < 4.78 is 10.4. The molecule has 2 amide bonds. The molecule has 0 aliphatic rings. The maximum absolute atomic E-state index is 11.6. The van der Waals surface area contributed by atoms with Crippen LogP contribution in [0, 0.1) is 0 Å². The summed E-state index contributed by atoms with van der Waals surface area (Å²) in [7, 11) is 3.18. The van der Waals surface area contributed by atoms with Crippen LogP contribution in [-0.4, -0.2) is 26.3 Å². The second-order valence-corrected chi connectivity index (χ2v) is 4.33. The first-order chi connectivity index (χ1) is 9.10. The van der Waals surface area contributed by atoms with Crippen molar-refractivity contribution in [2.45, 2.75) is 32.9 Å². The molecular weight excluding hydrogens is 244 g/mol. The average molecular weight is 266 g/mol. The molecule has 0 saturated carbocycles. The molecule has 0 aliphatic carbocycles. The van der Waals surface area contributed by atoms with Crippen LogP contribution in [0.4, 0.5) is 4.79 Å². The molecule has 1 aromatic rings. The van der Waals surface area contributed by atoms with Crippen LogP contribution in [0.2, 0.25) is 0 Å². The van der Waals surface area contributed by atoms with Crippen molar-refractivity contribution in [2.24, 2.45) is 0 Å². The van der Waals surface area contributed by atoms with Crippen LogP contribution in [0.25, 0.3) is 0 Å². The highest BCUT2D eigenvalue weighted by Crippen LogP contribution is 2.27. The number of methoxy groups -OCH3 is 2. The van der Waals surface area contributed by atoms with Gasteiger partial charge in [-0.2, -0.15) is 0 Å². The van der Waals surface area contributed by atoms with Gasteiger partial charge in [0.15, 0.2) is 11.5 Å². The highest BCUT2D eigenvalue weighted by atomic mass is 16.5. The zero-order valence-corrected chi connectivity index (χ0v) is 11.9. The van der Waals surface area contributed by atoms with E-state index in [-0.39, 0.29) is 12.1 Å². The summed E-state index contributed by atoms with van der Waals surface area (Å²) in [5.74, 6) is 1.33. The minimum absolute atomic E-state index is 0.163. The van der Waals surface area contributed by atoms with Gasteiger partial charge in [0.2, 0.25) is 0 Å². The van der Waals surface area contributed by atoms with Crippen molar-refractivity contribution < 1.29 is 14.3 Å². The molecular formula is C14H22N2O3. The first-order valence-corrected chi connectivity index (χ1v) is 6.36. The minimum Gasteiger partial charge on any atom is -0.493 e. The Morgan fingerprint density at radius 3 is 2.53 bits per heavy atom. The topological polar surface area (TPSA) is 59.6 Å². The van der Waals surface area contributed by atoms with Crippen molar-refractivity contribution >= 4 is 6.03 Å². The van der Waals surface area contributed by atoms with E-state index in [0.29, 0.717) is 18.0 Å². The molecule has 0 unspecified atom stereocenters. The first-order valence-electron chi connectivity index (χ1n) is 6.36. The van der Waals surface area contributed by atoms with E-state index in [0.717, 1.165) is 12.0 Å². The predicted octanol–water partition coefficient (Wildman–Crippen LogP) is 2.30. The quantitative estimate of drug-likeness (QED) is 0.830. The molecule has 0 saturated heterocycles. The standard InChI is InChI=1S/C14H22N2O3/c1-5-10(2)16-14(17)15-9-11-6-7-12(18-3)13(8-11)19-4/h6-8,10H,5,9H2,1-4H3,(H2,15,16,17)/t10-/m1/s1. The first kappa shape index (κ1) is 15.1. The van der Waals surface area contributed by atoms with Crippen LogP contribution in [0.1, 0.15) is 25.8 Å². The molecule has 0 bridgehead atoms. The fraction of sp³-hybridized carbons (Fsp3) is 0.500. The monoisotopic (exact) mass is 266 g/mol. The van der Waals surface area contributed by atoms with Crippen LogP contribution in [0.5, 0.6) is 11.5 Å². The molecule has 0 aromatic heterocycles. The lowest BCUT2D eigenvalue weighted by molar-refractivity contribution is 0.237. The van der Waals surface area contributed by atoms with E-state index in [4.69, 9.17) is 9.47 Å². The largest absolute Gasteiger partial charge is 0.493 e. The van der Waals surface area contributed by atoms with Crippen LogP contribution in [0.3, 0.4) is 0 Å². The maximum atomic E-state index is 11.6. The predicted molar refractivity (Wildman–Crippen MR) is 74.7 cm³/mol. The summed E-state index contributed by atoms with van der Waals surface area (Å²) in [6.45, 7) is 4.44. The average Bonchev–Trinajstić information content (AvgIpc) is 2.44. The van der Waals surface area contributed by atoms with Crippen molar-refractivity contribution in [3.05, 3.63) is 23.8 Å². The van der Waals surface area contributed by atoms with E-state index >= 15 is 0 Å².